The first-order valence-corrected chi connectivity index (χ1v) is 8.81. The number of benzene rings is 1. The average molecular weight is 466 g/mol. The topological polar surface area (TPSA) is 45.7 Å². The van der Waals surface area contributed by atoms with Crippen LogP contribution in [0.4, 0.5) is 0 Å². The van der Waals surface area contributed by atoms with Gasteiger partial charge in [-0.3, -0.25) is 0 Å². The van der Waals surface area contributed by atoms with Crippen LogP contribution in [0.3, 0.4) is 0 Å². The Kier molecular flexibility index (Phi) is 10.0. The number of hydrogen-bond donors (Lipinski definition) is 2. The molecule has 24 heavy (non-hydrogen) atoms. The molecular formula is C18H29ClIN3O. The number of nitrogens with one attached hydrogen (secondary N) is 2. The average Bonchev–Trinajstić information content (AvgIpc) is 2.51. The van der Waals surface area contributed by atoms with Crippen LogP contribution in [-0.2, 0) is 11.3 Å². The van der Waals surface area contributed by atoms with Crippen LogP contribution in [-0.4, -0.2) is 32.8 Å². The van der Waals surface area contributed by atoms with Gasteiger partial charge < -0.3 is 15.4 Å². The van der Waals surface area contributed by atoms with Crippen LogP contribution >= 0.6 is 35.6 Å². The number of aliphatic imine (C=N–C) groups is 1. The number of nitrogens with zero attached hydrogens (tertiary/aromatic N) is 1. The zero-order valence-electron chi connectivity index (χ0n) is 14.6. The molecule has 1 aliphatic rings. The minimum Gasteiger partial charge on any atom is -0.385 e. The van der Waals surface area contributed by atoms with Gasteiger partial charge in [0.15, 0.2) is 5.96 Å². The van der Waals surface area contributed by atoms with Gasteiger partial charge in [0, 0.05) is 31.8 Å². The van der Waals surface area contributed by atoms with Crippen LogP contribution in [0.5, 0.6) is 0 Å². The second-order valence-corrected chi connectivity index (χ2v) is 6.71. The molecule has 1 fully saturated rings. The Morgan fingerprint density at radius 1 is 1.33 bits per heavy atom. The van der Waals surface area contributed by atoms with E-state index in [0.29, 0.717) is 12.0 Å². The van der Waals surface area contributed by atoms with E-state index in [1.54, 1.807) is 7.11 Å². The molecule has 0 saturated heterocycles. The van der Waals surface area contributed by atoms with E-state index in [0.717, 1.165) is 42.7 Å². The molecule has 1 saturated carbocycles. The zero-order chi connectivity index (χ0) is 16.5. The van der Waals surface area contributed by atoms with Crippen LogP contribution in [0.2, 0.25) is 5.02 Å². The first-order valence-electron chi connectivity index (χ1n) is 8.43. The van der Waals surface area contributed by atoms with Crippen molar-refractivity contribution in [3.63, 3.8) is 0 Å². The molecule has 0 radical (unpaired) electrons. The summed E-state index contributed by atoms with van der Waals surface area (Å²) in [4.78, 5) is 4.67. The number of methoxy groups -OCH3 is 1. The molecule has 1 aromatic rings. The van der Waals surface area contributed by atoms with Gasteiger partial charge in [0.25, 0.3) is 0 Å². The van der Waals surface area contributed by atoms with Gasteiger partial charge in [0.05, 0.1) is 6.54 Å². The monoisotopic (exact) mass is 465 g/mol. The van der Waals surface area contributed by atoms with Gasteiger partial charge >= 0.3 is 0 Å². The van der Waals surface area contributed by atoms with Crippen molar-refractivity contribution in [2.45, 2.75) is 39.2 Å². The summed E-state index contributed by atoms with van der Waals surface area (Å²) < 4.78 is 5.26. The Labute approximate surface area is 167 Å². The molecular weight excluding hydrogens is 437 g/mol. The third-order valence-corrected chi connectivity index (χ3v) is 4.77. The molecule has 6 heteroatoms. The van der Waals surface area contributed by atoms with Crippen LogP contribution in [0.1, 0.15) is 38.2 Å². The molecule has 2 N–H and O–H groups in total. The molecule has 0 bridgehead atoms. The van der Waals surface area contributed by atoms with Gasteiger partial charge in [-0.2, -0.15) is 0 Å². The molecule has 2 rings (SSSR count). The maximum Gasteiger partial charge on any atom is 0.191 e. The smallest absolute Gasteiger partial charge is 0.191 e. The van der Waals surface area contributed by atoms with E-state index in [2.05, 4.69) is 22.5 Å². The van der Waals surface area contributed by atoms with Crippen LogP contribution in [0.25, 0.3) is 0 Å². The number of ether oxygens (including phenoxy) is 1. The minimum atomic E-state index is 0. The van der Waals surface area contributed by atoms with Crippen LogP contribution in [0.15, 0.2) is 29.3 Å². The number of rotatable bonds is 8. The van der Waals surface area contributed by atoms with E-state index in [1.807, 2.05) is 24.3 Å². The highest BCUT2D eigenvalue weighted by Crippen LogP contribution is 2.43. The summed E-state index contributed by atoms with van der Waals surface area (Å²) in [5, 5.41) is 7.58. The van der Waals surface area contributed by atoms with Gasteiger partial charge in [-0.25, -0.2) is 4.99 Å². The van der Waals surface area contributed by atoms with Crippen molar-refractivity contribution in [1.82, 2.24) is 10.6 Å². The Balaban J connectivity index is 0.00000288. The maximum atomic E-state index is 6.03. The lowest BCUT2D eigenvalue weighted by molar-refractivity contribution is 0.0732. The van der Waals surface area contributed by atoms with Gasteiger partial charge in [0.1, 0.15) is 0 Å². The summed E-state index contributed by atoms with van der Waals surface area (Å²) in [6, 6.07) is 7.85. The maximum absolute atomic E-state index is 6.03. The standard InChI is InChI=1S/C18H28ClN3O.HI/c1-3-20-17(21-13-15-6-4-7-16(19)12-15)22-14-18(8-5-9-18)10-11-23-2;/h4,6-7,12H,3,5,8-11,13-14H2,1-2H3,(H2,20,21,22);1H. The van der Waals surface area contributed by atoms with Gasteiger partial charge in [0.2, 0.25) is 0 Å². The summed E-state index contributed by atoms with van der Waals surface area (Å²) in [6.45, 7) is 5.35. The molecule has 1 aliphatic carbocycles. The summed E-state index contributed by atoms with van der Waals surface area (Å²) in [6.07, 6.45) is 4.99. The molecule has 0 unspecified atom stereocenters. The lowest BCUT2D eigenvalue weighted by atomic mass is 9.67. The molecule has 0 aliphatic heterocycles. The zero-order valence-corrected chi connectivity index (χ0v) is 17.7. The number of halogens is 2. The molecule has 0 aromatic heterocycles. The van der Waals surface area contributed by atoms with Crippen molar-refractivity contribution in [3.05, 3.63) is 34.9 Å². The normalized spacial score (nSPS) is 16.0. The van der Waals surface area contributed by atoms with Gasteiger partial charge in [-0.1, -0.05) is 30.2 Å². The van der Waals surface area contributed by atoms with Gasteiger partial charge in [-0.05, 0) is 49.3 Å². The molecule has 1 aromatic carbocycles. The SMILES string of the molecule is CCNC(=NCc1cccc(Cl)c1)NCC1(CCOC)CCC1.I. The Morgan fingerprint density at radius 3 is 2.71 bits per heavy atom. The van der Waals surface area contributed by atoms with Crippen LogP contribution < -0.4 is 10.6 Å². The predicted octanol–water partition coefficient (Wildman–Crippen LogP) is 4.22. The third kappa shape index (κ3) is 6.76. The second-order valence-electron chi connectivity index (χ2n) is 6.27. The summed E-state index contributed by atoms with van der Waals surface area (Å²) in [5.41, 5.74) is 1.50. The molecule has 0 spiro atoms. The fourth-order valence-corrected chi connectivity index (χ4v) is 3.14. The van der Waals surface area contributed by atoms with Crippen LogP contribution in [0, 0.1) is 5.41 Å². The molecule has 136 valence electrons. The fourth-order valence-electron chi connectivity index (χ4n) is 2.93. The quantitative estimate of drug-likeness (QED) is 0.343. The Bertz CT molecular complexity index is 521. The molecule has 0 heterocycles. The molecule has 0 amide bonds. The summed E-state index contributed by atoms with van der Waals surface area (Å²) >= 11 is 6.03. The lowest BCUT2D eigenvalue weighted by Crippen LogP contribution is -2.46. The highest BCUT2D eigenvalue weighted by Gasteiger charge is 2.36. The van der Waals surface area contributed by atoms with E-state index in [1.165, 1.54) is 19.3 Å². The highest BCUT2D eigenvalue weighted by molar-refractivity contribution is 14.0. The molecule has 4 nitrogen and oxygen atoms in total. The van der Waals surface area contributed by atoms with E-state index in [4.69, 9.17) is 16.3 Å². The van der Waals surface area contributed by atoms with Crippen molar-refractivity contribution in [1.29, 1.82) is 0 Å². The lowest BCUT2D eigenvalue weighted by Gasteiger charge is -2.42. The Hall–Kier alpha value is -0.530. The number of hydrogen-bond acceptors (Lipinski definition) is 2. The van der Waals surface area contributed by atoms with Crippen molar-refractivity contribution in [2.24, 2.45) is 10.4 Å². The van der Waals surface area contributed by atoms with E-state index >= 15 is 0 Å². The largest absolute Gasteiger partial charge is 0.385 e. The highest BCUT2D eigenvalue weighted by atomic mass is 127. The Morgan fingerprint density at radius 2 is 2.12 bits per heavy atom. The third-order valence-electron chi connectivity index (χ3n) is 4.53. The fraction of sp³-hybridized carbons (Fsp3) is 0.611. The summed E-state index contributed by atoms with van der Waals surface area (Å²) in [7, 11) is 1.77. The summed E-state index contributed by atoms with van der Waals surface area (Å²) in [5.74, 6) is 0.871. The molecule has 0 atom stereocenters. The van der Waals surface area contributed by atoms with Crippen molar-refractivity contribution >= 4 is 41.5 Å². The van der Waals surface area contributed by atoms with E-state index < -0.39 is 0 Å². The van der Waals surface area contributed by atoms with E-state index in [-0.39, 0.29) is 24.0 Å². The minimum absolute atomic E-state index is 0. The van der Waals surface area contributed by atoms with Crippen molar-refractivity contribution in [2.75, 3.05) is 26.8 Å². The predicted molar refractivity (Wildman–Crippen MR) is 112 cm³/mol. The van der Waals surface area contributed by atoms with Crippen molar-refractivity contribution in [3.8, 4) is 0 Å². The first-order chi connectivity index (χ1) is 11.2. The first kappa shape index (κ1) is 21.5. The van der Waals surface area contributed by atoms with Crippen molar-refractivity contribution < 1.29 is 4.74 Å². The number of guanidine groups is 1. The second kappa shape index (κ2) is 11.2. The van der Waals surface area contributed by atoms with E-state index in [9.17, 15) is 0 Å². The van der Waals surface area contributed by atoms with Gasteiger partial charge in [-0.15, -0.1) is 24.0 Å².